The minimum Gasteiger partial charge on any atom is -0.309 e. The fourth-order valence-electron chi connectivity index (χ4n) is 8.34. The van der Waals surface area contributed by atoms with Gasteiger partial charge in [0.15, 0.2) is 5.65 Å². The number of rotatable bonds is 2. The molecule has 0 atom stereocenters. The maximum atomic E-state index is 5.30. The number of benzene rings is 7. The number of hydrogen-bond acceptors (Lipinski definition) is 3. The summed E-state index contributed by atoms with van der Waals surface area (Å²) in [5.41, 5.74) is 12.1. The van der Waals surface area contributed by atoms with E-state index < -0.39 is 0 Å². The third-order valence-electron chi connectivity index (χ3n) is 10.4. The van der Waals surface area contributed by atoms with Gasteiger partial charge in [-0.1, -0.05) is 78.9 Å². The maximum absolute atomic E-state index is 5.30. The highest BCUT2D eigenvalue weighted by molar-refractivity contribution is 7.26. The zero-order valence-electron chi connectivity index (χ0n) is 26.1. The van der Waals surface area contributed by atoms with Crippen LogP contribution in [0.2, 0.25) is 0 Å². The summed E-state index contributed by atoms with van der Waals surface area (Å²) >= 11 is 1.87. The molecule has 12 rings (SSSR count). The molecular formula is C44H24N4S. The number of hydrogen-bond donors (Lipinski definition) is 0. The summed E-state index contributed by atoms with van der Waals surface area (Å²) in [6.45, 7) is 0. The van der Waals surface area contributed by atoms with Crippen molar-refractivity contribution in [2.45, 2.75) is 0 Å². The number of fused-ring (bicyclic) bond motifs is 14. The summed E-state index contributed by atoms with van der Waals surface area (Å²) in [7, 11) is 0. The van der Waals surface area contributed by atoms with Crippen molar-refractivity contribution in [3.05, 3.63) is 146 Å². The van der Waals surface area contributed by atoms with Crippen LogP contribution in [0.25, 0.3) is 108 Å². The smallest absolute Gasteiger partial charge is 0.165 e. The second kappa shape index (κ2) is 9.19. The first-order valence-corrected chi connectivity index (χ1v) is 17.4. The molecule has 0 spiro atoms. The Bertz CT molecular complexity index is 3330. The minimum absolute atomic E-state index is 0.915. The Hall–Kier alpha value is -6.30. The molecule has 5 heteroatoms. The molecule has 49 heavy (non-hydrogen) atoms. The lowest BCUT2D eigenvalue weighted by atomic mass is 9.99. The van der Waals surface area contributed by atoms with Gasteiger partial charge in [0.05, 0.1) is 33.1 Å². The molecule has 0 radical (unpaired) electrons. The van der Waals surface area contributed by atoms with Crippen LogP contribution in [-0.4, -0.2) is 18.9 Å². The van der Waals surface area contributed by atoms with E-state index in [4.69, 9.17) is 9.97 Å². The van der Waals surface area contributed by atoms with Crippen LogP contribution in [0.4, 0.5) is 0 Å². The zero-order chi connectivity index (χ0) is 31.8. The van der Waals surface area contributed by atoms with Crippen LogP contribution in [0.15, 0.2) is 146 Å². The lowest BCUT2D eigenvalue weighted by Gasteiger charge is -2.08. The fourth-order valence-corrected chi connectivity index (χ4v) is 9.47. The predicted octanol–water partition coefficient (Wildman–Crippen LogP) is 11.9. The second-order valence-corrected chi connectivity index (χ2v) is 14.1. The largest absolute Gasteiger partial charge is 0.309 e. The van der Waals surface area contributed by atoms with Crippen molar-refractivity contribution >= 4 is 103 Å². The van der Waals surface area contributed by atoms with Crippen LogP contribution in [-0.2, 0) is 0 Å². The van der Waals surface area contributed by atoms with E-state index in [1.807, 2.05) is 23.5 Å². The minimum atomic E-state index is 0.915. The topological polar surface area (TPSA) is 35.1 Å². The molecule has 0 aliphatic heterocycles. The molecule has 0 unspecified atom stereocenters. The van der Waals surface area contributed by atoms with Gasteiger partial charge in [-0.2, -0.15) is 0 Å². The van der Waals surface area contributed by atoms with Gasteiger partial charge < -0.3 is 4.57 Å². The molecule has 0 saturated carbocycles. The van der Waals surface area contributed by atoms with E-state index in [1.54, 1.807) is 0 Å². The highest BCUT2D eigenvalue weighted by Gasteiger charge is 2.24. The molecule has 5 aromatic heterocycles. The summed E-state index contributed by atoms with van der Waals surface area (Å²) in [5, 5.41) is 8.76. The summed E-state index contributed by atoms with van der Waals surface area (Å²) in [6.07, 6.45) is 0. The third kappa shape index (κ3) is 3.32. The summed E-state index contributed by atoms with van der Waals surface area (Å²) in [4.78, 5) is 10.5. The number of thiophene rings is 1. The molecule has 5 heterocycles. The Morgan fingerprint density at radius 1 is 0.449 bits per heavy atom. The molecule has 7 aromatic carbocycles. The fraction of sp³-hybridized carbons (Fsp3) is 0. The van der Waals surface area contributed by atoms with E-state index in [2.05, 4.69) is 142 Å². The van der Waals surface area contributed by atoms with Crippen LogP contribution in [0.3, 0.4) is 0 Å². The molecule has 4 nitrogen and oxygen atoms in total. The third-order valence-corrected chi connectivity index (χ3v) is 11.5. The highest BCUT2D eigenvalue weighted by atomic mass is 32.1. The second-order valence-electron chi connectivity index (χ2n) is 13.0. The van der Waals surface area contributed by atoms with Gasteiger partial charge in [-0.3, -0.25) is 4.40 Å². The quantitative estimate of drug-likeness (QED) is 0.188. The lowest BCUT2D eigenvalue weighted by Crippen LogP contribution is -1.92. The highest BCUT2D eigenvalue weighted by Crippen LogP contribution is 2.48. The van der Waals surface area contributed by atoms with Gasteiger partial charge in [0.25, 0.3) is 0 Å². The van der Waals surface area contributed by atoms with Crippen molar-refractivity contribution in [2.75, 3.05) is 0 Å². The van der Waals surface area contributed by atoms with Crippen LogP contribution >= 0.6 is 11.3 Å². The Morgan fingerprint density at radius 3 is 1.94 bits per heavy atom. The standard InChI is InChI=1S/C44H24N4S/c1-2-10-27(11-3-1)47-35-16-8-4-12-28(35)30-22-25(18-20-37(30)47)26-19-21-38-32(23-26)40-39(49-38)24-31-29-13-5-9-17-36(29)48-43(31)41(40)42-44(48)46-34-15-7-6-14-33(34)45-42/h1-24H. The van der Waals surface area contributed by atoms with Crippen LogP contribution in [0.5, 0.6) is 0 Å². The van der Waals surface area contributed by atoms with Gasteiger partial charge in [-0.25, -0.2) is 9.97 Å². The molecular weight excluding hydrogens is 617 g/mol. The molecule has 12 aromatic rings. The summed E-state index contributed by atoms with van der Waals surface area (Å²) in [5.74, 6) is 0. The Balaban J connectivity index is 1.17. The summed E-state index contributed by atoms with van der Waals surface area (Å²) in [6, 6.07) is 52.6. The van der Waals surface area contributed by atoms with Crippen molar-refractivity contribution in [1.82, 2.24) is 18.9 Å². The average Bonchev–Trinajstić information content (AvgIpc) is 3.88. The van der Waals surface area contributed by atoms with E-state index in [0.29, 0.717) is 0 Å². The van der Waals surface area contributed by atoms with E-state index in [1.165, 1.54) is 86.0 Å². The summed E-state index contributed by atoms with van der Waals surface area (Å²) < 4.78 is 7.28. The van der Waals surface area contributed by atoms with Crippen molar-refractivity contribution in [1.29, 1.82) is 0 Å². The van der Waals surface area contributed by atoms with E-state index in [0.717, 1.165) is 22.2 Å². The Morgan fingerprint density at radius 2 is 1.10 bits per heavy atom. The lowest BCUT2D eigenvalue weighted by molar-refractivity contribution is 1.18. The Kier molecular flexibility index (Phi) is 4.83. The van der Waals surface area contributed by atoms with Gasteiger partial charge in [0.1, 0.15) is 5.52 Å². The maximum Gasteiger partial charge on any atom is 0.165 e. The van der Waals surface area contributed by atoms with Crippen molar-refractivity contribution in [3.63, 3.8) is 0 Å². The SMILES string of the molecule is c1ccc(-n2c3ccccc3c3cc(-c4ccc5sc6cc7c8ccccc8n8c9nc%10ccccc%10nc9c(c6c5c4)c78)ccc32)cc1. The number of nitrogens with zero attached hydrogens (tertiary/aromatic N) is 4. The monoisotopic (exact) mass is 640 g/mol. The molecule has 0 saturated heterocycles. The van der Waals surface area contributed by atoms with Crippen LogP contribution in [0, 0.1) is 0 Å². The van der Waals surface area contributed by atoms with E-state index in [9.17, 15) is 0 Å². The van der Waals surface area contributed by atoms with E-state index in [-0.39, 0.29) is 0 Å². The van der Waals surface area contributed by atoms with Gasteiger partial charge in [-0.05, 0) is 77.9 Å². The molecule has 0 N–H and O–H groups in total. The predicted molar refractivity (Wildman–Crippen MR) is 207 cm³/mol. The zero-order valence-corrected chi connectivity index (χ0v) is 26.9. The first kappa shape index (κ1) is 25.7. The van der Waals surface area contributed by atoms with E-state index >= 15 is 0 Å². The van der Waals surface area contributed by atoms with Gasteiger partial charge in [0, 0.05) is 52.8 Å². The first-order chi connectivity index (χ1) is 24.3. The van der Waals surface area contributed by atoms with Gasteiger partial charge >= 0.3 is 0 Å². The molecule has 0 bridgehead atoms. The Labute approximate surface area is 283 Å². The number of para-hydroxylation sites is 5. The molecule has 0 fully saturated rings. The van der Waals surface area contributed by atoms with Crippen molar-refractivity contribution < 1.29 is 0 Å². The molecule has 0 aliphatic rings. The van der Waals surface area contributed by atoms with Gasteiger partial charge in [-0.15, -0.1) is 11.3 Å². The van der Waals surface area contributed by atoms with Crippen LogP contribution < -0.4 is 0 Å². The van der Waals surface area contributed by atoms with Crippen molar-refractivity contribution in [3.8, 4) is 16.8 Å². The molecule has 0 amide bonds. The average molecular weight is 641 g/mol. The first-order valence-electron chi connectivity index (χ1n) is 16.6. The normalized spacial score (nSPS) is 12.5. The molecule has 226 valence electrons. The number of aromatic nitrogens is 4. The molecule has 0 aliphatic carbocycles. The van der Waals surface area contributed by atoms with Crippen LogP contribution in [0.1, 0.15) is 0 Å². The van der Waals surface area contributed by atoms with Crippen molar-refractivity contribution in [2.24, 2.45) is 0 Å². The van der Waals surface area contributed by atoms with Gasteiger partial charge in [0.2, 0.25) is 0 Å².